The quantitative estimate of drug-likeness (QED) is 0.810. The molecule has 0 aromatic rings. The lowest BCUT2D eigenvalue weighted by atomic mass is 9.97. The van der Waals surface area contributed by atoms with E-state index in [0.717, 1.165) is 6.61 Å². The van der Waals surface area contributed by atoms with E-state index in [1.165, 1.54) is 44.9 Å². The van der Waals surface area contributed by atoms with Gasteiger partial charge >= 0.3 is 0 Å². The number of hydrogen-bond acceptors (Lipinski definition) is 3. The van der Waals surface area contributed by atoms with Crippen LogP contribution in [0.25, 0.3) is 0 Å². The summed E-state index contributed by atoms with van der Waals surface area (Å²) in [4.78, 5) is 0. The van der Waals surface area contributed by atoms with E-state index in [4.69, 9.17) is 10.5 Å². The van der Waals surface area contributed by atoms with Gasteiger partial charge in [0.2, 0.25) is 0 Å². The first-order valence-corrected chi connectivity index (χ1v) is 7.74. The van der Waals surface area contributed by atoms with Crippen molar-refractivity contribution in [3.63, 3.8) is 0 Å². The van der Waals surface area contributed by atoms with Crippen molar-refractivity contribution in [3.05, 3.63) is 0 Å². The van der Waals surface area contributed by atoms with Gasteiger partial charge in [-0.05, 0) is 26.2 Å². The molecule has 1 saturated carbocycles. The minimum atomic E-state index is 0.415. The number of thioether (sulfide) groups is 1. The van der Waals surface area contributed by atoms with Crippen LogP contribution in [0.15, 0.2) is 0 Å². The van der Waals surface area contributed by atoms with E-state index in [-0.39, 0.29) is 0 Å². The van der Waals surface area contributed by atoms with E-state index < -0.39 is 0 Å². The Bertz CT molecular complexity index is 212. The predicted molar refractivity (Wildman–Crippen MR) is 70.9 cm³/mol. The van der Waals surface area contributed by atoms with Crippen LogP contribution < -0.4 is 5.73 Å². The summed E-state index contributed by atoms with van der Waals surface area (Å²) in [5.41, 5.74) is 6.31. The molecule has 0 amide bonds. The third-order valence-corrected chi connectivity index (χ3v) is 5.81. The fourth-order valence-electron chi connectivity index (χ4n) is 2.76. The summed E-state index contributed by atoms with van der Waals surface area (Å²) in [6.45, 7) is 3.15. The van der Waals surface area contributed by atoms with Crippen molar-refractivity contribution in [2.75, 3.05) is 6.61 Å². The van der Waals surface area contributed by atoms with Crippen molar-refractivity contribution >= 4 is 11.8 Å². The molecule has 2 fully saturated rings. The van der Waals surface area contributed by atoms with Crippen LogP contribution in [0.2, 0.25) is 0 Å². The van der Waals surface area contributed by atoms with Crippen molar-refractivity contribution in [1.82, 2.24) is 0 Å². The van der Waals surface area contributed by atoms with Crippen LogP contribution in [-0.2, 0) is 4.74 Å². The van der Waals surface area contributed by atoms with Gasteiger partial charge in [0.1, 0.15) is 0 Å². The van der Waals surface area contributed by atoms with Crippen molar-refractivity contribution in [1.29, 1.82) is 0 Å². The third kappa shape index (κ3) is 3.38. The van der Waals surface area contributed by atoms with Crippen LogP contribution in [0.5, 0.6) is 0 Å². The highest BCUT2D eigenvalue weighted by Gasteiger charge is 2.30. The van der Waals surface area contributed by atoms with Crippen LogP contribution in [0, 0.1) is 0 Å². The maximum atomic E-state index is 6.31. The third-order valence-electron chi connectivity index (χ3n) is 3.91. The number of hydrogen-bond donors (Lipinski definition) is 1. The second-order valence-corrected chi connectivity index (χ2v) is 6.72. The van der Waals surface area contributed by atoms with E-state index >= 15 is 0 Å². The smallest absolute Gasteiger partial charge is 0.0666 e. The fourth-order valence-corrected chi connectivity index (χ4v) is 4.39. The SMILES string of the molecule is CC1OCCC1SC1CCCCCCC1N. The average molecular weight is 243 g/mol. The van der Waals surface area contributed by atoms with Gasteiger partial charge in [-0.3, -0.25) is 0 Å². The second-order valence-electron chi connectivity index (χ2n) is 5.23. The highest BCUT2D eigenvalue weighted by molar-refractivity contribution is 8.00. The summed E-state index contributed by atoms with van der Waals surface area (Å²) < 4.78 is 5.64. The molecule has 2 N–H and O–H groups in total. The summed E-state index contributed by atoms with van der Waals surface area (Å²) in [5, 5.41) is 1.37. The number of rotatable bonds is 2. The van der Waals surface area contributed by atoms with Gasteiger partial charge < -0.3 is 10.5 Å². The normalized spacial score (nSPS) is 41.6. The van der Waals surface area contributed by atoms with Gasteiger partial charge in [0.05, 0.1) is 6.10 Å². The maximum Gasteiger partial charge on any atom is 0.0666 e. The molecule has 0 aromatic heterocycles. The van der Waals surface area contributed by atoms with Crippen LogP contribution in [0.4, 0.5) is 0 Å². The molecule has 4 unspecified atom stereocenters. The van der Waals surface area contributed by atoms with Gasteiger partial charge in [-0.1, -0.05) is 25.7 Å². The first-order chi connectivity index (χ1) is 7.77. The Labute approximate surface area is 104 Å². The van der Waals surface area contributed by atoms with Crippen molar-refractivity contribution in [3.8, 4) is 0 Å². The molecular formula is C13H25NOS. The molecule has 4 atom stereocenters. The molecule has 0 aromatic carbocycles. The van der Waals surface area contributed by atoms with E-state index in [0.29, 0.717) is 22.6 Å². The van der Waals surface area contributed by atoms with Crippen LogP contribution in [0.1, 0.15) is 51.9 Å². The van der Waals surface area contributed by atoms with Gasteiger partial charge in [-0.2, -0.15) is 11.8 Å². The molecule has 2 nitrogen and oxygen atoms in total. The molecule has 0 radical (unpaired) electrons. The average Bonchev–Trinajstić information content (AvgIpc) is 2.64. The Kier molecular flexibility index (Phi) is 4.98. The molecule has 3 heteroatoms. The highest BCUT2D eigenvalue weighted by atomic mass is 32.2. The van der Waals surface area contributed by atoms with Crippen LogP contribution in [0.3, 0.4) is 0 Å². The molecule has 2 rings (SSSR count). The molecule has 1 aliphatic carbocycles. The van der Waals surface area contributed by atoms with E-state index in [1.807, 2.05) is 0 Å². The molecule has 0 spiro atoms. The molecule has 1 heterocycles. The summed E-state index contributed by atoms with van der Waals surface area (Å²) >= 11 is 2.12. The van der Waals surface area contributed by atoms with E-state index in [9.17, 15) is 0 Å². The second kappa shape index (κ2) is 6.27. The van der Waals surface area contributed by atoms with Crippen molar-refractivity contribution in [2.24, 2.45) is 5.73 Å². The zero-order chi connectivity index (χ0) is 11.4. The molecule has 1 aliphatic heterocycles. The molecule has 16 heavy (non-hydrogen) atoms. The van der Waals surface area contributed by atoms with Gasteiger partial charge in [-0.25, -0.2) is 0 Å². The zero-order valence-electron chi connectivity index (χ0n) is 10.4. The number of ether oxygens (including phenoxy) is 1. The first-order valence-electron chi connectivity index (χ1n) is 6.80. The standard InChI is InChI=1S/C13H25NOS/c1-10-12(8-9-15-10)16-13-7-5-3-2-4-6-11(13)14/h10-13H,2-9,14H2,1H3. The zero-order valence-corrected chi connectivity index (χ0v) is 11.2. The predicted octanol–water partition coefficient (Wildman–Crippen LogP) is 2.95. The highest BCUT2D eigenvalue weighted by Crippen LogP contribution is 2.34. The Balaban J connectivity index is 1.84. The molecule has 94 valence electrons. The topological polar surface area (TPSA) is 35.2 Å². The minimum Gasteiger partial charge on any atom is -0.377 e. The van der Waals surface area contributed by atoms with Gasteiger partial charge in [0.15, 0.2) is 0 Å². The minimum absolute atomic E-state index is 0.415. The Morgan fingerprint density at radius 3 is 2.44 bits per heavy atom. The summed E-state index contributed by atoms with van der Waals surface area (Å²) in [5.74, 6) is 0. The molecular weight excluding hydrogens is 218 g/mol. The summed E-state index contributed by atoms with van der Waals surface area (Å²) in [6, 6.07) is 0.415. The fraction of sp³-hybridized carbons (Fsp3) is 1.00. The van der Waals surface area contributed by atoms with Crippen LogP contribution >= 0.6 is 11.8 Å². The lowest BCUT2D eigenvalue weighted by molar-refractivity contribution is 0.127. The Morgan fingerprint density at radius 2 is 1.75 bits per heavy atom. The van der Waals surface area contributed by atoms with Crippen LogP contribution in [-0.4, -0.2) is 29.3 Å². The van der Waals surface area contributed by atoms with Gasteiger partial charge in [0, 0.05) is 23.1 Å². The lowest BCUT2D eigenvalue weighted by Crippen LogP contribution is -2.35. The van der Waals surface area contributed by atoms with Crippen molar-refractivity contribution < 1.29 is 4.74 Å². The Morgan fingerprint density at radius 1 is 1.00 bits per heavy atom. The molecule has 1 saturated heterocycles. The van der Waals surface area contributed by atoms with Crippen molar-refractivity contribution in [2.45, 2.75) is 74.5 Å². The Hall–Kier alpha value is 0.270. The lowest BCUT2D eigenvalue weighted by Gasteiger charge is -2.29. The first kappa shape index (κ1) is 12.7. The summed E-state index contributed by atoms with van der Waals surface area (Å²) in [7, 11) is 0. The molecule has 2 aliphatic rings. The largest absolute Gasteiger partial charge is 0.377 e. The number of nitrogens with two attached hydrogens (primary N) is 1. The van der Waals surface area contributed by atoms with E-state index in [1.54, 1.807) is 0 Å². The maximum absolute atomic E-state index is 6.31. The summed E-state index contributed by atoms with van der Waals surface area (Å²) in [6.07, 6.45) is 9.67. The molecule has 0 bridgehead atoms. The van der Waals surface area contributed by atoms with Gasteiger partial charge in [-0.15, -0.1) is 0 Å². The van der Waals surface area contributed by atoms with Gasteiger partial charge in [0.25, 0.3) is 0 Å². The van der Waals surface area contributed by atoms with E-state index in [2.05, 4.69) is 18.7 Å². The monoisotopic (exact) mass is 243 g/mol.